The maximum atomic E-state index is 13.3. The van der Waals surface area contributed by atoms with Crippen LogP contribution in [0.4, 0.5) is 13.2 Å². The summed E-state index contributed by atoms with van der Waals surface area (Å²) in [6.45, 7) is 1.72. The highest BCUT2D eigenvalue weighted by Gasteiger charge is 2.40. The van der Waals surface area contributed by atoms with E-state index in [1.54, 1.807) is 12.0 Å². The quantitative estimate of drug-likeness (QED) is 0.839. The molecule has 1 amide bonds. The molecule has 1 N–H and O–H groups in total. The summed E-state index contributed by atoms with van der Waals surface area (Å²) in [5.41, 5.74) is -1.97. The maximum Gasteiger partial charge on any atom is 0.434 e. The summed E-state index contributed by atoms with van der Waals surface area (Å²) in [5.74, 6) is -1.67. The summed E-state index contributed by atoms with van der Waals surface area (Å²) < 4.78 is 45.5. The largest absolute Gasteiger partial charge is 0.478 e. The smallest absolute Gasteiger partial charge is 0.434 e. The van der Waals surface area contributed by atoms with Crippen LogP contribution in [0.1, 0.15) is 32.8 Å². The standard InChI is InChI=1S/C18H18F3N3O4/c1-28-10-11-6-7-23(9-11)16(25)12-2-4-13(5-3-12)24-15(18(19,20)21)14(8-22-24)17(26)27/h2-5,8,11H,6-7,9-10H2,1H3,(H,26,27). The van der Waals surface area contributed by atoms with Gasteiger partial charge >= 0.3 is 12.1 Å². The summed E-state index contributed by atoms with van der Waals surface area (Å²) in [7, 11) is 1.60. The molecule has 1 aliphatic heterocycles. The number of halogens is 3. The van der Waals surface area contributed by atoms with Crippen LogP contribution in [-0.4, -0.2) is 58.5 Å². The molecule has 1 aromatic carbocycles. The molecule has 2 aromatic rings. The minimum absolute atomic E-state index is 0.00931. The molecule has 0 aliphatic carbocycles. The first-order chi connectivity index (χ1) is 13.2. The molecule has 28 heavy (non-hydrogen) atoms. The number of aromatic carboxylic acids is 1. The zero-order valence-corrected chi connectivity index (χ0v) is 14.9. The Kier molecular flexibility index (Phi) is 5.41. The molecule has 0 bridgehead atoms. The van der Waals surface area contributed by atoms with Crippen LogP contribution < -0.4 is 0 Å². The first-order valence-corrected chi connectivity index (χ1v) is 8.49. The highest BCUT2D eigenvalue weighted by molar-refractivity contribution is 5.94. The highest BCUT2D eigenvalue weighted by atomic mass is 19.4. The van der Waals surface area contributed by atoms with Crippen LogP contribution in [-0.2, 0) is 10.9 Å². The van der Waals surface area contributed by atoms with E-state index in [0.29, 0.717) is 36.1 Å². The van der Waals surface area contributed by atoms with Crippen molar-refractivity contribution in [1.82, 2.24) is 14.7 Å². The minimum Gasteiger partial charge on any atom is -0.478 e. The summed E-state index contributed by atoms with van der Waals surface area (Å²) in [4.78, 5) is 25.3. The van der Waals surface area contributed by atoms with Crippen LogP contribution in [0.3, 0.4) is 0 Å². The Morgan fingerprint density at radius 2 is 1.96 bits per heavy atom. The zero-order valence-electron chi connectivity index (χ0n) is 14.9. The number of amides is 1. The van der Waals surface area contributed by atoms with E-state index in [2.05, 4.69) is 5.10 Å². The summed E-state index contributed by atoms with van der Waals surface area (Å²) in [6, 6.07) is 5.43. The van der Waals surface area contributed by atoms with Crippen molar-refractivity contribution >= 4 is 11.9 Å². The molecule has 1 fully saturated rings. The Morgan fingerprint density at radius 3 is 2.54 bits per heavy atom. The lowest BCUT2D eigenvalue weighted by Gasteiger charge is -2.17. The van der Waals surface area contributed by atoms with Crippen LogP contribution in [0, 0.1) is 5.92 Å². The fraction of sp³-hybridized carbons (Fsp3) is 0.389. The number of carboxylic acid groups (broad SMARTS) is 1. The maximum absolute atomic E-state index is 13.3. The van der Waals surface area contributed by atoms with Crippen LogP contribution in [0.2, 0.25) is 0 Å². The molecular formula is C18H18F3N3O4. The monoisotopic (exact) mass is 397 g/mol. The average molecular weight is 397 g/mol. The summed E-state index contributed by atoms with van der Waals surface area (Å²) in [5, 5.41) is 12.5. The lowest BCUT2D eigenvalue weighted by Crippen LogP contribution is -2.29. The van der Waals surface area contributed by atoms with Crippen molar-refractivity contribution in [3.05, 3.63) is 47.3 Å². The summed E-state index contributed by atoms with van der Waals surface area (Å²) >= 11 is 0. The van der Waals surface area contributed by atoms with E-state index < -0.39 is 23.4 Å². The van der Waals surface area contributed by atoms with E-state index in [9.17, 15) is 22.8 Å². The Labute approximate surface area is 158 Å². The lowest BCUT2D eigenvalue weighted by atomic mass is 10.1. The third-order valence-corrected chi connectivity index (χ3v) is 4.60. The van der Waals surface area contributed by atoms with Crippen molar-refractivity contribution in [3.8, 4) is 5.69 Å². The van der Waals surface area contributed by atoms with Crippen molar-refractivity contribution in [3.63, 3.8) is 0 Å². The Balaban J connectivity index is 1.84. The highest BCUT2D eigenvalue weighted by Crippen LogP contribution is 2.33. The fourth-order valence-corrected chi connectivity index (χ4v) is 3.29. The van der Waals surface area contributed by atoms with Crippen LogP contribution >= 0.6 is 0 Å². The van der Waals surface area contributed by atoms with E-state index >= 15 is 0 Å². The number of carboxylic acids is 1. The first kappa shape index (κ1) is 19.9. The van der Waals surface area contributed by atoms with Gasteiger partial charge in [-0.1, -0.05) is 0 Å². The predicted molar refractivity (Wildman–Crippen MR) is 91.4 cm³/mol. The second kappa shape index (κ2) is 7.63. The van der Waals surface area contributed by atoms with Crippen LogP contribution in [0.5, 0.6) is 0 Å². The van der Waals surface area contributed by atoms with Gasteiger partial charge in [0.2, 0.25) is 0 Å². The topological polar surface area (TPSA) is 84.7 Å². The second-order valence-electron chi connectivity index (χ2n) is 6.53. The normalized spacial score (nSPS) is 17.1. The Bertz CT molecular complexity index is 877. The number of alkyl halides is 3. The number of aromatic nitrogens is 2. The third-order valence-electron chi connectivity index (χ3n) is 4.60. The molecule has 3 rings (SSSR count). The van der Waals surface area contributed by atoms with Gasteiger partial charge in [0.15, 0.2) is 5.69 Å². The average Bonchev–Trinajstić information content (AvgIpc) is 3.28. The minimum atomic E-state index is -4.90. The Morgan fingerprint density at radius 1 is 1.29 bits per heavy atom. The van der Waals surface area contributed by atoms with Gasteiger partial charge in [0.05, 0.1) is 18.5 Å². The second-order valence-corrected chi connectivity index (χ2v) is 6.53. The SMILES string of the molecule is COCC1CCN(C(=O)c2ccc(-n3ncc(C(=O)O)c3C(F)(F)F)cc2)C1. The van der Waals surface area contributed by atoms with Gasteiger partial charge < -0.3 is 14.7 Å². The fourth-order valence-electron chi connectivity index (χ4n) is 3.29. The molecule has 0 radical (unpaired) electrons. The van der Waals surface area contributed by atoms with E-state index in [0.717, 1.165) is 6.42 Å². The van der Waals surface area contributed by atoms with Gasteiger partial charge in [-0.2, -0.15) is 18.3 Å². The van der Waals surface area contributed by atoms with Crippen molar-refractivity contribution in [1.29, 1.82) is 0 Å². The molecule has 150 valence electrons. The van der Waals surface area contributed by atoms with E-state index in [-0.39, 0.29) is 17.5 Å². The van der Waals surface area contributed by atoms with Gasteiger partial charge in [0, 0.05) is 31.7 Å². The molecule has 7 nitrogen and oxygen atoms in total. The molecule has 2 heterocycles. The zero-order chi connectivity index (χ0) is 20.5. The van der Waals surface area contributed by atoms with E-state index in [4.69, 9.17) is 9.84 Å². The van der Waals surface area contributed by atoms with Gasteiger partial charge in [-0.05, 0) is 30.7 Å². The molecule has 1 unspecified atom stereocenters. The Hall–Kier alpha value is -2.88. The number of hydrogen-bond acceptors (Lipinski definition) is 4. The van der Waals surface area contributed by atoms with Gasteiger partial charge in [-0.3, -0.25) is 4.79 Å². The van der Waals surface area contributed by atoms with E-state index in [1.165, 1.54) is 24.3 Å². The number of carbonyl (C=O) groups excluding carboxylic acids is 1. The number of likely N-dealkylation sites (tertiary alicyclic amines) is 1. The number of carbonyl (C=O) groups is 2. The third kappa shape index (κ3) is 3.86. The molecule has 1 atom stereocenters. The number of nitrogens with zero attached hydrogens (tertiary/aromatic N) is 3. The van der Waals surface area contributed by atoms with Gasteiger partial charge in [-0.25, -0.2) is 9.48 Å². The molecule has 1 aromatic heterocycles. The van der Waals surface area contributed by atoms with Crippen molar-refractivity contribution < 1.29 is 32.6 Å². The van der Waals surface area contributed by atoms with Gasteiger partial charge in [0.25, 0.3) is 5.91 Å². The lowest BCUT2D eigenvalue weighted by molar-refractivity contribution is -0.143. The van der Waals surface area contributed by atoms with Crippen molar-refractivity contribution in [2.75, 3.05) is 26.8 Å². The van der Waals surface area contributed by atoms with E-state index in [1.807, 2.05) is 0 Å². The molecule has 0 saturated carbocycles. The summed E-state index contributed by atoms with van der Waals surface area (Å²) in [6.07, 6.45) is -3.41. The predicted octanol–water partition coefficient (Wildman–Crippen LogP) is 2.70. The van der Waals surface area contributed by atoms with Gasteiger partial charge in [0.1, 0.15) is 5.56 Å². The van der Waals surface area contributed by atoms with Crippen LogP contribution in [0.25, 0.3) is 5.69 Å². The number of ether oxygens (including phenoxy) is 1. The van der Waals surface area contributed by atoms with Crippen LogP contribution in [0.15, 0.2) is 30.5 Å². The number of methoxy groups -OCH3 is 1. The molecule has 10 heteroatoms. The molecule has 0 spiro atoms. The number of hydrogen-bond donors (Lipinski definition) is 1. The van der Waals surface area contributed by atoms with Crippen molar-refractivity contribution in [2.24, 2.45) is 5.92 Å². The number of rotatable bonds is 5. The number of benzene rings is 1. The first-order valence-electron chi connectivity index (χ1n) is 8.49. The van der Waals surface area contributed by atoms with Gasteiger partial charge in [-0.15, -0.1) is 0 Å². The molecule has 1 saturated heterocycles. The molecule has 1 aliphatic rings. The molecular weight excluding hydrogens is 379 g/mol. The van der Waals surface area contributed by atoms with Crippen molar-refractivity contribution in [2.45, 2.75) is 12.6 Å².